The Hall–Kier alpha value is -2.41. The number of phenols is 1. The Kier molecular flexibility index (Phi) is 6.37. The lowest BCUT2D eigenvalue weighted by Gasteiger charge is -2.33. The predicted molar refractivity (Wildman–Crippen MR) is 97.3 cm³/mol. The number of halogens is 1. The van der Waals surface area contributed by atoms with Crippen LogP contribution in [-0.4, -0.2) is 42.8 Å². The van der Waals surface area contributed by atoms with Gasteiger partial charge in [-0.25, -0.2) is 9.59 Å². The molecule has 0 saturated heterocycles. The number of methoxy groups -OCH3 is 1. The van der Waals surface area contributed by atoms with Crippen molar-refractivity contribution in [3.8, 4) is 11.5 Å². The SMILES string of the molecule is CCCCOC(=O)C1=C(C)N(C)C(=O)N[C@H]1c1cc(Cl)c(O)c(OC)c1. The first kappa shape index (κ1) is 19.9. The lowest BCUT2D eigenvalue weighted by atomic mass is 9.94. The fourth-order valence-corrected chi connectivity index (χ4v) is 2.87. The van der Waals surface area contributed by atoms with Crippen LogP contribution in [-0.2, 0) is 9.53 Å². The largest absolute Gasteiger partial charge is 0.503 e. The Morgan fingerprint density at radius 1 is 1.42 bits per heavy atom. The molecular formula is C18H23ClN2O5. The molecule has 0 radical (unpaired) electrons. The summed E-state index contributed by atoms with van der Waals surface area (Å²) in [5.74, 6) is -0.557. The molecule has 0 aliphatic carbocycles. The van der Waals surface area contributed by atoms with Gasteiger partial charge in [0.25, 0.3) is 0 Å². The molecule has 1 aromatic rings. The number of esters is 1. The molecule has 1 heterocycles. The average Bonchev–Trinajstić information content (AvgIpc) is 2.61. The molecule has 0 saturated carbocycles. The Balaban J connectivity index is 2.49. The second-order valence-electron chi connectivity index (χ2n) is 5.98. The third-order valence-corrected chi connectivity index (χ3v) is 4.60. The Morgan fingerprint density at radius 2 is 2.12 bits per heavy atom. The number of phenolic OH excluding ortho intramolecular Hbond substituents is 1. The first-order valence-corrected chi connectivity index (χ1v) is 8.68. The zero-order valence-corrected chi connectivity index (χ0v) is 16.0. The molecule has 7 nitrogen and oxygen atoms in total. The van der Waals surface area contributed by atoms with Crippen LogP contribution >= 0.6 is 11.6 Å². The van der Waals surface area contributed by atoms with Crippen LogP contribution in [0.2, 0.25) is 5.02 Å². The minimum atomic E-state index is -0.764. The molecule has 2 N–H and O–H groups in total. The van der Waals surface area contributed by atoms with Gasteiger partial charge in [0.15, 0.2) is 11.5 Å². The number of amides is 2. The van der Waals surface area contributed by atoms with E-state index in [4.69, 9.17) is 21.1 Å². The van der Waals surface area contributed by atoms with Gasteiger partial charge >= 0.3 is 12.0 Å². The molecule has 2 amide bonds. The molecule has 2 rings (SSSR count). The second-order valence-corrected chi connectivity index (χ2v) is 6.39. The molecule has 26 heavy (non-hydrogen) atoms. The van der Waals surface area contributed by atoms with Crippen LogP contribution < -0.4 is 10.1 Å². The number of benzene rings is 1. The van der Waals surface area contributed by atoms with Crippen molar-refractivity contribution in [1.29, 1.82) is 0 Å². The highest BCUT2D eigenvalue weighted by atomic mass is 35.5. The van der Waals surface area contributed by atoms with Crippen LogP contribution in [0.1, 0.15) is 38.3 Å². The summed E-state index contributed by atoms with van der Waals surface area (Å²) in [5, 5.41) is 12.8. The van der Waals surface area contributed by atoms with Gasteiger partial charge in [-0.15, -0.1) is 0 Å². The van der Waals surface area contributed by atoms with E-state index < -0.39 is 12.0 Å². The number of nitrogens with zero attached hydrogens (tertiary/aromatic N) is 1. The molecule has 1 aliphatic heterocycles. The van der Waals surface area contributed by atoms with Gasteiger partial charge in [-0.2, -0.15) is 0 Å². The van der Waals surface area contributed by atoms with Crippen molar-refractivity contribution >= 4 is 23.6 Å². The summed E-state index contributed by atoms with van der Waals surface area (Å²) in [5.41, 5.74) is 1.31. The number of unbranched alkanes of at least 4 members (excludes halogenated alkanes) is 1. The molecule has 142 valence electrons. The van der Waals surface area contributed by atoms with Crippen molar-refractivity contribution in [2.45, 2.75) is 32.7 Å². The summed E-state index contributed by atoms with van der Waals surface area (Å²) in [4.78, 5) is 26.2. The summed E-state index contributed by atoms with van der Waals surface area (Å²) in [7, 11) is 2.97. The number of carbonyl (C=O) groups is 2. The van der Waals surface area contributed by atoms with Crippen LogP contribution in [0.4, 0.5) is 4.79 Å². The van der Waals surface area contributed by atoms with E-state index in [0.29, 0.717) is 23.4 Å². The van der Waals surface area contributed by atoms with Crippen LogP contribution in [0.3, 0.4) is 0 Å². The third kappa shape index (κ3) is 3.88. The summed E-state index contributed by atoms with van der Waals surface area (Å²) >= 11 is 6.06. The number of rotatable bonds is 6. The van der Waals surface area contributed by atoms with E-state index in [2.05, 4.69) is 5.32 Å². The van der Waals surface area contributed by atoms with Gasteiger partial charge in [0.2, 0.25) is 0 Å². The molecule has 0 fully saturated rings. The van der Waals surface area contributed by atoms with E-state index in [1.807, 2.05) is 6.92 Å². The number of aromatic hydroxyl groups is 1. The van der Waals surface area contributed by atoms with Crippen molar-refractivity contribution in [2.75, 3.05) is 20.8 Å². The smallest absolute Gasteiger partial charge is 0.338 e. The summed E-state index contributed by atoms with van der Waals surface area (Å²) < 4.78 is 10.5. The Labute approximate surface area is 157 Å². The van der Waals surface area contributed by atoms with Crippen molar-refractivity contribution in [3.05, 3.63) is 34.0 Å². The van der Waals surface area contributed by atoms with Crippen molar-refractivity contribution < 1.29 is 24.2 Å². The molecule has 0 bridgehead atoms. The lowest BCUT2D eigenvalue weighted by Crippen LogP contribution is -2.46. The van der Waals surface area contributed by atoms with Crippen LogP contribution in [0.15, 0.2) is 23.4 Å². The van der Waals surface area contributed by atoms with Gasteiger partial charge in [-0.05, 0) is 31.0 Å². The predicted octanol–water partition coefficient (Wildman–Crippen LogP) is 3.37. The normalized spacial score (nSPS) is 17.2. The minimum Gasteiger partial charge on any atom is -0.503 e. The third-order valence-electron chi connectivity index (χ3n) is 4.31. The molecule has 0 unspecified atom stereocenters. The van der Waals surface area contributed by atoms with Crippen molar-refractivity contribution in [1.82, 2.24) is 10.2 Å². The van der Waals surface area contributed by atoms with Gasteiger partial charge in [-0.3, -0.25) is 0 Å². The van der Waals surface area contributed by atoms with Crippen molar-refractivity contribution in [3.63, 3.8) is 0 Å². The topological polar surface area (TPSA) is 88.1 Å². The quantitative estimate of drug-likeness (QED) is 0.581. The van der Waals surface area contributed by atoms with E-state index >= 15 is 0 Å². The maximum atomic E-state index is 12.7. The fourth-order valence-electron chi connectivity index (χ4n) is 2.65. The fraction of sp³-hybridized carbons (Fsp3) is 0.444. The van der Waals surface area contributed by atoms with Gasteiger partial charge in [0.1, 0.15) is 0 Å². The van der Waals surface area contributed by atoms with Crippen molar-refractivity contribution in [2.24, 2.45) is 0 Å². The summed E-state index contributed by atoms with van der Waals surface area (Å²) in [6.45, 7) is 3.98. The highest BCUT2D eigenvalue weighted by Gasteiger charge is 2.35. The first-order valence-electron chi connectivity index (χ1n) is 8.30. The van der Waals surface area contributed by atoms with Gasteiger partial charge in [-0.1, -0.05) is 24.9 Å². The number of ether oxygens (including phenoxy) is 2. The van der Waals surface area contributed by atoms with E-state index in [9.17, 15) is 14.7 Å². The first-order chi connectivity index (χ1) is 12.3. The highest BCUT2D eigenvalue weighted by Crippen LogP contribution is 2.39. The number of urea groups is 1. The zero-order valence-electron chi connectivity index (χ0n) is 15.3. The van der Waals surface area contributed by atoms with Crippen LogP contribution in [0, 0.1) is 0 Å². The number of carbonyl (C=O) groups excluding carboxylic acids is 2. The summed E-state index contributed by atoms with van der Waals surface area (Å²) in [6, 6.07) is 1.90. The number of allylic oxidation sites excluding steroid dienone is 1. The van der Waals surface area contributed by atoms with Crippen LogP contribution in [0.25, 0.3) is 0 Å². The molecule has 0 spiro atoms. The molecule has 1 atom stereocenters. The van der Waals surface area contributed by atoms with E-state index in [1.54, 1.807) is 14.0 Å². The van der Waals surface area contributed by atoms with Gasteiger partial charge in [0, 0.05) is 12.7 Å². The number of nitrogens with one attached hydrogen (secondary N) is 1. The summed E-state index contributed by atoms with van der Waals surface area (Å²) in [6.07, 6.45) is 1.65. The standard InChI is InChI=1S/C18H23ClN2O5/c1-5-6-7-26-17(23)14-10(2)21(3)18(24)20-15(14)11-8-12(19)16(22)13(9-11)25-4/h8-9,15,22H,5-7H2,1-4H3,(H,20,24)/t15-/m0/s1. The van der Waals surface area contributed by atoms with E-state index in [-0.39, 0.29) is 22.6 Å². The van der Waals surface area contributed by atoms with E-state index in [1.165, 1.54) is 24.1 Å². The number of hydrogen-bond donors (Lipinski definition) is 2. The van der Waals surface area contributed by atoms with Gasteiger partial charge in [0.05, 0.1) is 30.4 Å². The monoisotopic (exact) mass is 382 g/mol. The molecule has 1 aliphatic rings. The minimum absolute atomic E-state index is 0.0591. The number of hydrogen-bond acceptors (Lipinski definition) is 5. The molecule has 1 aromatic carbocycles. The Morgan fingerprint density at radius 3 is 2.73 bits per heavy atom. The lowest BCUT2D eigenvalue weighted by molar-refractivity contribution is -0.139. The maximum Gasteiger partial charge on any atom is 0.338 e. The zero-order chi connectivity index (χ0) is 19.4. The second kappa shape index (κ2) is 8.31. The average molecular weight is 383 g/mol. The molecule has 8 heteroatoms. The van der Waals surface area contributed by atoms with E-state index in [0.717, 1.165) is 12.8 Å². The molecule has 0 aromatic heterocycles. The maximum absolute atomic E-state index is 12.7. The van der Waals surface area contributed by atoms with Gasteiger partial charge < -0.3 is 24.8 Å². The highest BCUT2D eigenvalue weighted by molar-refractivity contribution is 6.32. The molecular weight excluding hydrogens is 360 g/mol. The Bertz CT molecular complexity index is 747. The van der Waals surface area contributed by atoms with Crippen LogP contribution in [0.5, 0.6) is 11.5 Å².